The number of aryl methyl sites for hydroxylation is 3. The van der Waals surface area contributed by atoms with Crippen LogP contribution in [0.3, 0.4) is 0 Å². The van der Waals surface area contributed by atoms with E-state index in [1.165, 1.54) is 11.5 Å². The zero-order valence-corrected chi connectivity index (χ0v) is 12.9. The van der Waals surface area contributed by atoms with Crippen LogP contribution in [0.2, 0.25) is 0 Å². The van der Waals surface area contributed by atoms with Gasteiger partial charge >= 0.3 is 0 Å². The number of hydrogen-bond acceptors (Lipinski definition) is 5. The van der Waals surface area contributed by atoms with Gasteiger partial charge in [-0.1, -0.05) is 11.4 Å². The molecule has 0 saturated carbocycles. The molecule has 7 heteroatoms. The van der Waals surface area contributed by atoms with E-state index in [0.717, 1.165) is 32.9 Å². The molecule has 2 rings (SSSR count). The fourth-order valence-corrected chi connectivity index (χ4v) is 3.27. The van der Waals surface area contributed by atoms with Crippen LogP contribution in [0.15, 0.2) is 4.47 Å². The molecule has 5 nitrogen and oxygen atoms in total. The van der Waals surface area contributed by atoms with Gasteiger partial charge < -0.3 is 5.11 Å². The zero-order chi connectivity index (χ0) is 13.3. The molecular weight excluding hydrogens is 316 g/mol. The maximum atomic E-state index is 10.2. The topological polar surface area (TPSA) is 63.8 Å². The molecule has 0 aliphatic heterocycles. The fourth-order valence-electron chi connectivity index (χ4n) is 1.86. The van der Waals surface area contributed by atoms with Gasteiger partial charge in [-0.05, 0) is 40.8 Å². The summed E-state index contributed by atoms with van der Waals surface area (Å²) in [5.74, 6) is 0. The number of halogens is 1. The van der Waals surface area contributed by atoms with Crippen molar-refractivity contribution >= 4 is 27.5 Å². The lowest BCUT2D eigenvalue weighted by molar-refractivity contribution is 0.178. The van der Waals surface area contributed by atoms with Crippen molar-refractivity contribution in [2.45, 2.75) is 32.8 Å². The van der Waals surface area contributed by atoms with Gasteiger partial charge in [-0.2, -0.15) is 5.10 Å². The number of hydrogen-bond donors (Lipinski definition) is 1. The van der Waals surface area contributed by atoms with E-state index in [9.17, 15) is 5.11 Å². The van der Waals surface area contributed by atoms with Crippen molar-refractivity contribution in [1.29, 1.82) is 0 Å². The standard InChI is InChI=1S/C11H15BrN4OS/c1-4-7-10(12)8(16(3)14-7)5-9(17)11-6(2)13-15-18-11/h9,17H,4-5H2,1-3H3. The van der Waals surface area contributed by atoms with Gasteiger partial charge in [-0.25, -0.2) is 0 Å². The van der Waals surface area contributed by atoms with Crippen LogP contribution in [0.4, 0.5) is 0 Å². The molecule has 1 unspecified atom stereocenters. The van der Waals surface area contributed by atoms with Crippen molar-refractivity contribution in [3.8, 4) is 0 Å². The summed E-state index contributed by atoms with van der Waals surface area (Å²) in [5, 5.41) is 18.6. The SMILES string of the molecule is CCc1nn(C)c(CC(O)c2snnc2C)c1Br. The summed E-state index contributed by atoms with van der Waals surface area (Å²) in [6.07, 6.45) is 0.793. The summed E-state index contributed by atoms with van der Waals surface area (Å²) in [5.41, 5.74) is 2.80. The Morgan fingerprint density at radius 1 is 1.50 bits per heavy atom. The third-order valence-electron chi connectivity index (χ3n) is 2.88. The Hall–Kier alpha value is -0.790. The second-order valence-corrected chi connectivity index (χ2v) is 5.71. The van der Waals surface area contributed by atoms with Crippen LogP contribution in [-0.4, -0.2) is 24.5 Å². The van der Waals surface area contributed by atoms with Gasteiger partial charge in [0.1, 0.15) is 0 Å². The maximum Gasteiger partial charge on any atom is 0.0972 e. The first kappa shape index (κ1) is 13.6. The van der Waals surface area contributed by atoms with Gasteiger partial charge in [0.25, 0.3) is 0 Å². The number of aliphatic hydroxyl groups is 1. The molecule has 0 spiro atoms. The Morgan fingerprint density at radius 3 is 2.72 bits per heavy atom. The Kier molecular flexibility index (Phi) is 4.14. The summed E-state index contributed by atoms with van der Waals surface area (Å²) in [6.45, 7) is 3.92. The minimum absolute atomic E-state index is 0.509. The van der Waals surface area contributed by atoms with E-state index >= 15 is 0 Å². The highest BCUT2D eigenvalue weighted by atomic mass is 79.9. The summed E-state index contributed by atoms with van der Waals surface area (Å²) in [4.78, 5) is 0.821. The lowest BCUT2D eigenvalue weighted by Crippen LogP contribution is -2.06. The van der Waals surface area contributed by atoms with Gasteiger partial charge in [0.2, 0.25) is 0 Å². The normalized spacial score (nSPS) is 12.9. The molecule has 2 aromatic rings. The summed E-state index contributed by atoms with van der Waals surface area (Å²) < 4.78 is 6.65. The molecule has 1 N–H and O–H groups in total. The van der Waals surface area contributed by atoms with Crippen LogP contribution in [0.1, 0.15) is 35.0 Å². The second-order valence-electron chi connectivity index (χ2n) is 4.13. The largest absolute Gasteiger partial charge is 0.387 e. The van der Waals surface area contributed by atoms with Crippen LogP contribution in [0, 0.1) is 6.92 Å². The molecule has 2 aromatic heterocycles. The van der Waals surface area contributed by atoms with Crippen molar-refractivity contribution < 1.29 is 5.11 Å². The second kappa shape index (κ2) is 5.46. The number of rotatable bonds is 4. The first-order chi connectivity index (χ1) is 8.54. The molecule has 0 aromatic carbocycles. The molecule has 0 aliphatic carbocycles. The van der Waals surface area contributed by atoms with E-state index in [1.54, 1.807) is 0 Å². The van der Waals surface area contributed by atoms with Crippen LogP contribution >= 0.6 is 27.5 Å². The molecule has 0 saturated heterocycles. The van der Waals surface area contributed by atoms with Crippen LogP contribution in [-0.2, 0) is 19.9 Å². The van der Waals surface area contributed by atoms with E-state index < -0.39 is 6.10 Å². The van der Waals surface area contributed by atoms with E-state index in [2.05, 4.69) is 37.5 Å². The highest BCUT2D eigenvalue weighted by Gasteiger charge is 2.20. The minimum atomic E-state index is -0.582. The van der Waals surface area contributed by atoms with Crippen molar-refractivity contribution in [2.24, 2.45) is 7.05 Å². The molecule has 1 atom stereocenters. The van der Waals surface area contributed by atoms with Gasteiger partial charge in [0.15, 0.2) is 0 Å². The van der Waals surface area contributed by atoms with Crippen LogP contribution in [0.25, 0.3) is 0 Å². The lowest BCUT2D eigenvalue weighted by Gasteiger charge is -2.09. The number of aliphatic hydroxyl groups excluding tert-OH is 1. The van der Waals surface area contributed by atoms with Crippen molar-refractivity contribution in [3.05, 3.63) is 26.4 Å². The Bertz CT molecular complexity index is 551. The molecule has 0 fully saturated rings. The Labute approximate surface area is 118 Å². The Balaban J connectivity index is 2.24. The van der Waals surface area contributed by atoms with Crippen molar-refractivity contribution in [1.82, 2.24) is 19.4 Å². The predicted octanol–water partition coefficient (Wildman–Crippen LogP) is 2.18. The minimum Gasteiger partial charge on any atom is -0.387 e. The first-order valence-electron chi connectivity index (χ1n) is 5.71. The highest BCUT2D eigenvalue weighted by molar-refractivity contribution is 9.10. The van der Waals surface area contributed by atoms with E-state index in [-0.39, 0.29) is 0 Å². The third kappa shape index (κ3) is 2.48. The summed E-state index contributed by atoms with van der Waals surface area (Å²) >= 11 is 4.80. The van der Waals surface area contributed by atoms with Gasteiger partial charge in [-0.3, -0.25) is 4.68 Å². The summed E-state index contributed by atoms with van der Waals surface area (Å²) in [6, 6.07) is 0. The zero-order valence-electron chi connectivity index (χ0n) is 10.5. The molecular formula is C11H15BrN4OS. The average Bonchev–Trinajstić information content (AvgIpc) is 2.87. The van der Waals surface area contributed by atoms with E-state index in [0.29, 0.717) is 6.42 Å². The number of nitrogens with zero attached hydrogens (tertiary/aromatic N) is 4. The smallest absolute Gasteiger partial charge is 0.0972 e. The van der Waals surface area contributed by atoms with Crippen LogP contribution in [0.5, 0.6) is 0 Å². The van der Waals surface area contributed by atoms with E-state index in [4.69, 9.17) is 0 Å². The van der Waals surface area contributed by atoms with Crippen LogP contribution < -0.4 is 0 Å². The molecule has 98 valence electrons. The predicted molar refractivity (Wildman–Crippen MR) is 73.6 cm³/mol. The quantitative estimate of drug-likeness (QED) is 0.933. The third-order valence-corrected chi connectivity index (χ3v) is 4.72. The molecule has 0 bridgehead atoms. The van der Waals surface area contributed by atoms with Gasteiger partial charge in [0, 0.05) is 13.5 Å². The molecule has 0 amide bonds. The van der Waals surface area contributed by atoms with Crippen molar-refractivity contribution in [2.75, 3.05) is 0 Å². The van der Waals surface area contributed by atoms with Crippen molar-refractivity contribution in [3.63, 3.8) is 0 Å². The molecule has 18 heavy (non-hydrogen) atoms. The van der Waals surface area contributed by atoms with Gasteiger partial charge in [0.05, 0.1) is 32.5 Å². The monoisotopic (exact) mass is 330 g/mol. The Morgan fingerprint density at radius 2 is 2.22 bits per heavy atom. The maximum absolute atomic E-state index is 10.2. The average molecular weight is 331 g/mol. The first-order valence-corrected chi connectivity index (χ1v) is 7.28. The number of aromatic nitrogens is 4. The summed E-state index contributed by atoms with van der Waals surface area (Å²) in [7, 11) is 1.89. The van der Waals surface area contributed by atoms with Gasteiger partial charge in [-0.15, -0.1) is 5.10 Å². The lowest BCUT2D eigenvalue weighted by atomic mass is 10.1. The molecule has 2 heterocycles. The fraction of sp³-hybridized carbons (Fsp3) is 0.545. The van der Waals surface area contributed by atoms with E-state index in [1.807, 2.05) is 18.7 Å². The molecule has 0 aliphatic rings. The highest BCUT2D eigenvalue weighted by Crippen LogP contribution is 2.28. The molecule has 0 radical (unpaired) electrons.